The maximum atomic E-state index is 6.23. The Labute approximate surface area is 169 Å². The molecule has 0 spiro atoms. The van der Waals surface area contributed by atoms with E-state index in [1.807, 2.05) is 29.2 Å². The van der Waals surface area contributed by atoms with Gasteiger partial charge in [0.05, 0.1) is 11.3 Å². The number of nitrogens with one attached hydrogen (secondary N) is 2. The summed E-state index contributed by atoms with van der Waals surface area (Å²) in [6, 6.07) is 4.05. The lowest BCUT2D eigenvalue weighted by Gasteiger charge is -2.20. The molecule has 1 saturated heterocycles. The van der Waals surface area contributed by atoms with Crippen LogP contribution in [-0.4, -0.2) is 53.2 Å². The topological polar surface area (TPSA) is 70.4 Å². The Balaban J connectivity index is 0.00000225. The highest BCUT2D eigenvalue weighted by Crippen LogP contribution is 2.25. The van der Waals surface area contributed by atoms with E-state index in [4.69, 9.17) is 11.6 Å². The van der Waals surface area contributed by atoms with Crippen LogP contribution in [0.15, 0.2) is 42.0 Å². The SMILES string of the molecule is CN=C(NCCn1ccnc1)NC1CCN(c2ncccc2Cl)C1.I. The van der Waals surface area contributed by atoms with Crippen molar-refractivity contribution in [2.45, 2.75) is 19.0 Å². The molecular formula is C16H23ClIN7. The molecule has 3 rings (SSSR count). The Morgan fingerprint density at radius 3 is 3.04 bits per heavy atom. The molecular weight excluding hydrogens is 453 g/mol. The molecule has 0 saturated carbocycles. The molecule has 2 N–H and O–H groups in total. The van der Waals surface area contributed by atoms with E-state index in [0.29, 0.717) is 11.1 Å². The third kappa shape index (κ3) is 5.46. The van der Waals surface area contributed by atoms with Crippen LogP contribution in [0.3, 0.4) is 0 Å². The van der Waals surface area contributed by atoms with Gasteiger partial charge in [-0.2, -0.15) is 0 Å². The van der Waals surface area contributed by atoms with Crippen molar-refractivity contribution in [1.82, 2.24) is 25.2 Å². The summed E-state index contributed by atoms with van der Waals surface area (Å²) in [4.78, 5) is 14.9. The monoisotopic (exact) mass is 475 g/mol. The first kappa shape index (κ1) is 19.8. The van der Waals surface area contributed by atoms with Gasteiger partial charge in [-0.3, -0.25) is 4.99 Å². The average molecular weight is 476 g/mol. The summed E-state index contributed by atoms with van der Waals surface area (Å²) in [6.45, 7) is 3.43. The summed E-state index contributed by atoms with van der Waals surface area (Å²) in [5.74, 6) is 1.67. The minimum Gasteiger partial charge on any atom is -0.355 e. The molecule has 1 unspecified atom stereocenters. The second kappa shape index (κ2) is 9.81. The summed E-state index contributed by atoms with van der Waals surface area (Å²) in [5, 5.41) is 7.49. The number of halogens is 2. The first-order chi connectivity index (χ1) is 11.8. The first-order valence-corrected chi connectivity index (χ1v) is 8.42. The molecule has 0 bridgehead atoms. The zero-order valence-electron chi connectivity index (χ0n) is 14.1. The average Bonchev–Trinajstić information content (AvgIpc) is 3.26. The normalized spacial score (nSPS) is 17.3. The van der Waals surface area contributed by atoms with E-state index >= 15 is 0 Å². The van der Waals surface area contributed by atoms with E-state index in [2.05, 4.69) is 30.5 Å². The van der Waals surface area contributed by atoms with Gasteiger partial charge in [0.1, 0.15) is 5.82 Å². The van der Waals surface area contributed by atoms with Crippen LogP contribution >= 0.6 is 35.6 Å². The van der Waals surface area contributed by atoms with Crippen molar-refractivity contribution in [1.29, 1.82) is 0 Å². The fraction of sp³-hybridized carbons (Fsp3) is 0.438. The number of aliphatic imine (C=N–C) groups is 1. The molecule has 25 heavy (non-hydrogen) atoms. The van der Waals surface area contributed by atoms with Crippen LogP contribution in [0.5, 0.6) is 0 Å². The molecule has 0 aromatic carbocycles. The summed E-state index contributed by atoms with van der Waals surface area (Å²) in [6.07, 6.45) is 8.34. The Kier molecular flexibility index (Phi) is 7.76. The maximum Gasteiger partial charge on any atom is 0.191 e. The van der Waals surface area contributed by atoms with Gasteiger partial charge in [0.25, 0.3) is 0 Å². The Hall–Kier alpha value is -1.55. The van der Waals surface area contributed by atoms with Crippen molar-refractivity contribution in [2.75, 3.05) is 31.6 Å². The van der Waals surface area contributed by atoms with Crippen molar-refractivity contribution >= 4 is 47.4 Å². The largest absolute Gasteiger partial charge is 0.355 e. The van der Waals surface area contributed by atoms with Gasteiger partial charge in [-0.15, -0.1) is 24.0 Å². The van der Waals surface area contributed by atoms with E-state index in [0.717, 1.165) is 44.4 Å². The zero-order valence-corrected chi connectivity index (χ0v) is 17.2. The number of rotatable bonds is 5. The predicted octanol–water partition coefficient (Wildman–Crippen LogP) is 1.99. The minimum atomic E-state index is 0. The van der Waals surface area contributed by atoms with Crippen molar-refractivity contribution < 1.29 is 0 Å². The smallest absolute Gasteiger partial charge is 0.191 e. The Morgan fingerprint density at radius 1 is 1.44 bits per heavy atom. The molecule has 1 aliphatic rings. The molecule has 0 aliphatic carbocycles. The van der Waals surface area contributed by atoms with Gasteiger partial charge in [0, 0.05) is 57.9 Å². The zero-order chi connectivity index (χ0) is 16.8. The van der Waals surface area contributed by atoms with Crippen LogP contribution in [-0.2, 0) is 6.54 Å². The summed E-state index contributed by atoms with van der Waals surface area (Å²) in [7, 11) is 1.79. The lowest BCUT2D eigenvalue weighted by atomic mass is 10.3. The van der Waals surface area contributed by atoms with Gasteiger partial charge < -0.3 is 20.1 Å². The molecule has 0 radical (unpaired) electrons. The quantitative estimate of drug-likeness (QED) is 0.393. The van der Waals surface area contributed by atoms with Crippen LogP contribution in [0.4, 0.5) is 5.82 Å². The number of hydrogen-bond donors (Lipinski definition) is 2. The molecule has 136 valence electrons. The molecule has 2 aromatic heterocycles. The Morgan fingerprint density at radius 2 is 2.32 bits per heavy atom. The number of pyridine rings is 1. The van der Waals surface area contributed by atoms with Crippen LogP contribution in [0.25, 0.3) is 0 Å². The van der Waals surface area contributed by atoms with Gasteiger partial charge in [-0.25, -0.2) is 9.97 Å². The lowest BCUT2D eigenvalue weighted by Crippen LogP contribution is -2.45. The van der Waals surface area contributed by atoms with Crippen molar-refractivity contribution in [2.24, 2.45) is 4.99 Å². The van der Waals surface area contributed by atoms with E-state index in [1.165, 1.54) is 0 Å². The van der Waals surface area contributed by atoms with E-state index in [-0.39, 0.29) is 24.0 Å². The third-order valence-electron chi connectivity index (χ3n) is 4.01. The molecule has 2 aromatic rings. The Bertz CT molecular complexity index is 677. The van der Waals surface area contributed by atoms with Gasteiger partial charge >= 0.3 is 0 Å². The standard InChI is InChI=1S/C16H22ClN7.HI/c1-18-16(21-7-10-23-9-6-19-12-23)22-13-4-8-24(11-13)15-14(17)3-2-5-20-15;/h2-3,5-6,9,12-13H,4,7-8,10-11H2,1H3,(H2,18,21,22);1H. The minimum absolute atomic E-state index is 0. The van der Waals surface area contributed by atoms with Crippen LogP contribution in [0, 0.1) is 0 Å². The van der Waals surface area contributed by atoms with E-state index < -0.39 is 0 Å². The fourth-order valence-electron chi connectivity index (χ4n) is 2.79. The summed E-state index contributed by atoms with van der Waals surface area (Å²) in [5.41, 5.74) is 0. The van der Waals surface area contributed by atoms with E-state index in [1.54, 1.807) is 19.4 Å². The second-order valence-corrected chi connectivity index (χ2v) is 6.09. The van der Waals surface area contributed by atoms with Gasteiger partial charge in [-0.05, 0) is 18.6 Å². The number of aromatic nitrogens is 3. The number of guanidine groups is 1. The van der Waals surface area contributed by atoms with Crippen molar-refractivity contribution in [3.63, 3.8) is 0 Å². The number of anilines is 1. The molecule has 1 fully saturated rings. The summed E-state index contributed by atoms with van der Waals surface area (Å²) < 4.78 is 2.03. The lowest BCUT2D eigenvalue weighted by molar-refractivity contribution is 0.624. The highest BCUT2D eigenvalue weighted by Gasteiger charge is 2.25. The van der Waals surface area contributed by atoms with E-state index in [9.17, 15) is 0 Å². The molecule has 1 aliphatic heterocycles. The first-order valence-electron chi connectivity index (χ1n) is 8.04. The van der Waals surface area contributed by atoms with Crippen LogP contribution < -0.4 is 15.5 Å². The number of nitrogens with zero attached hydrogens (tertiary/aromatic N) is 5. The molecule has 9 heteroatoms. The van der Waals surface area contributed by atoms with Gasteiger partial charge in [-0.1, -0.05) is 11.6 Å². The maximum absolute atomic E-state index is 6.23. The molecule has 0 amide bonds. The third-order valence-corrected chi connectivity index (χ3v) is 4.31. The van der Waals surface area contributed by atoms with Crippen molar-refractivity contribution in [3.05, 3.63) is 42.1 Å². The van der Waals surface area contributed by atoms with Gasteiger partial charge in [0.15, 0.2) is 5.96 Å². The fourth-order valence-corrected chi connectivity index (χ4v) is 3.03. The highest BCUT2D eigenvalue weighted by molar-refractivity contribution is 14.0. The second-order valence-electron chi connectivity index (χ2n) is 5.68. The molecule has 1 atom stereocenters. The van der Waals surface area contributed by atoms with Crippen LogP contribution in [0.2, 0.25) is 5.02 Å². The number of imidazole rings is 1. The van der Waals surface area contributed by atoms with Gasteiger partial charge in [0.2, 0.25) is 0 Å². The summed E-state index contributed by atoms with van der Waals surface area (Å²) >= 11 is 6.23. The predicted molar refractivity (Wildman–Crippen MR) is 112 cm³/mol. The number of hydrogen-bond acceptors (Lipinski definition) is 4. The molecule has 3 heterocycles. The highest BCUT2D eigenvalue weighted by atomic mass is 127. The molecule has 7 nitrogen and oxygen atoms in total. The van der Waals surface area contributed by atoms with Crippen LogP contribution in [0.1, 0.15) is 6.42 Å². The van der Waals surface area contributed by atoms with Crippen molar-refractivity contribution in [3.8, 4) is 0 Å².